The van der Waals surface area contributed by atoms with E-state index in [1.807, 2.05) is 51.1 Å². The van der Waals surface area contributed by atoms with E-state index in [4.69, 9.17) is 16.3 Å². The van der Waals surface area contributed by atoms with Crippen LogP contribution in [0.5, 0.6) is 5.75 Å². The van der Waals surface area contributed by atoms with E-state index in [0.717, 1.165) is 5.56 Å². The fourth-order valence-electron chi connectivity index (χ4n) is 4.95. The van der Waals surface area contributed by atoms with Gasteiger partial charge in [0.15, 0.2) is 0 Å². The van der Waals surface area contributed by atoms with E-state index in [2.05, 4.69) is 21.2 Å². The normalized spacial score (nSPS) is 13.6. The lowest BCUT2D eigenvalue weighted by Gasteiger charge is -2.28. The molecule has 5 rings (SSSR count). The second kappa shape index (κ2) is 12.0. The average molecular weight is 638 g/mol. The van der Waals surface area contributed by atoms with Crippen molar-refractivity contribution in [2.75, 3.05) is 6.54 Å². The number of nitrogens with one attached hydrogen (secondary N) is 1. The van der Waals surface area contributed by atoms with Crippen molar-refractivity contribution in [1.82, 2.24) is 19.4 Å². The molecule has 4 aromatic rings. The summed E-state index contributed by atoms with van der Waals surface area (Å²) in [6.07, 6.45) is -0.00434. The summed E-state index contributed by atoms with van der Waals surface area (Å²) in [7, 11) is 0. The Morgan fingerprint density at radius 3 is 2.34 bits per heavy atom. The summed E-state index contributed by atoms with van der Waals surface area (Å²) in [6, 6.07) is 21.4. The Balaban J connectivity index is 1.55. The highest BCUT2D eigenvalue weighted by Gasteiger charge is 2.32. The van der Waals surface area contributed by atoms with Crippen LogP contribution in [0, 0.1) is 0 Å². The Labute approximate surface area is 251 Å². The van der Waals surface area contributed by atoms with E-state index in [9.17, 15) is 14.4 Å². The summed E-state index contributed by atoms with van der Waals surface area (Å²) >= 11 is 9.60. The number of fused-ring (bicyclic) bond motifs is 1. The SMILES string of the molecule is CC(C)Oc1ccc(-n2c(C(=O)NC(C)c3ccccc3)c3n(c2=O)CCN(C(=O)c2ccc(Br)c(Cl)c2)C3)cc1. The molecule has 1 unspecified atom stereocenters. The van der Waals surface area contributed by atoms with Crippen LogP contribution < -0.4 is 15.7 Å². The van der Waals surface area contributed by atoms with Gasteiger partial charge in [-0.15, -0.1) is 0 Å². The van der Waals surface area contributed by atoms with Crippen LogP contribution >= 0.6 is 27.5 Å². The number of rotatable bonds is 7. The van der Waals surface area contributed by atoms with Crippen molar-refractivity contribution in [2.45, 2.75) is 46.0 Å². The van der Waals surface area contributed by atoms with E-state index < -0.39 is 5.91 Å². The predicted octanol–water partition coefficient (Wildman–Crippen LogP) is 5.99. The van der Waals surface area contributed by atoms with Crippen LogP contribution in [0.4, 0.5) is 0 Å². The van der Waals surface area contributed by atoms with Gasteiger partial charge in [0.2, 0.25) is 0 Å². The number of amides is 2. The molecule has 212 valence electrons. The summed E-state index contributed by atoms with van der Waals surface area (Å²) < 4.78 is 9.46. The second-order valence-corrected chi connectivity index (χ2v) is 11.4. The molecule has 1 aliphatic rings. The van der Waals surface area contributed by atoms with Gasteiger partial charge in [-0.3, -0.25) is 18.7 Å². The average Bonchev–Trinajstić information content (AvgIpc) is 3.26. The Hall–Kier alpha value is -3.82. The zero-order chi connectivity index (χ0) is 29.3. The van der Waals surface area contributed by atoms with Crippen LogP contribution in [0.2, 0.25) is 5.02 Å². The molecule has 0 saturated carbocycles. The number of ether oxygens (including phenoxy) is 1. The van der Waals surface area contributed by atoms with Crippen LogP contribution in [-0.2, 0) is 13.1 Å². The van der Waals surface area contributed by atoms with Gasteiger partial charge in [0.1, 0.15) is 11.4 Å². The number of carbonyl (C=O) groups excluding carboxylic acids is 2. The molecule has 3 aromatic carbocycles. The molecule has 0 bridgehead atoms. The molecule has 1 aliphatic heterocycles. The van der Waals surface area contributed by atoms with Crippen molar-refractivity contribution in [2.24, 2.45) is 0 Å². The fraction of sp³-hybridized carbons (Fsp3) is 0.258. The van der Waals surface area contributed by atoms with Crippen LogP contribution in [0.15, 0.2) is 82.1 Å². The highest BCUT2D eigenvalue weighted by atomic mass is 79.9. The summed E-state index contributed by atoms with van der Waals surface area (Å²) in [5.74, 6) is 0.0233. The molecular weight excluding hydrogens is 608 g/mol. The number of halogens is 2. The molecule has 2 amide bonds. The van der Waals surface area contributed by atoms with E-state index >= 15 is 0 Å². The first-order valence-electron chi connectivity index (χ1n) is 13.4. The summed E-state index contributed by atoms with van der Waals surface area (Å²) in [5.41, 5.74) is 2.22. The van der Waals surface area contributed by atoms with Crippen LogP contribution in [0.3, 0.4) is 0 Å². The molecule has 10 heteroatoms. The van der Waals surface area contributed by atoms with Crippen molar-refractivity contribution in [3.05, 3.63) is 115 Å². The molecule has 2 heterocycles. The first-order valence-corrected chi connectivity index (χ1v) is 14.5. The number of benzene rings is 3. The molecule has 1 atom stereocenters. The molecule has 41 heavy (non-hydrogen) atoms. The number of carbonyl (C=O) groups is 2. The molecule has 1 aromatic heterocycles. The number of imidazole rings is 1. The lowest BCUT2D eigenvalue weighted by Crippen LogP contribution is -2.41. The molecular formula is C31H30BrClN4O4. The molecule has 1 N–H and O–H groups in total. The highest BCUT2D eigenvalue weighted by molar-refractivity contribution is 9.10. The monoisotopic (exact) mass is 636 g/mol. The number of hydrogen-bond donors (Lipinski definition) is 1. The van der Waals surface area contributed by atoms with Gasteiger partial charge >= 0.3 is 5.69 Å². The van der Waals surface area contributed by atoms with Crippen molar-refractivity contribution in [3.8, 4) is 11.4 Å². The van der Waals surface area contributed by atoms with Gasteiger partial charge in [-0.05, 0) is 84.7 Å². The van der Waals surface area contributed by atoms with Crippen molar-refractivity contribution in [1.29, 1.82) is 0 Å². The molecule has 0 aliphatic carbocycles. The first-order chi connectivity index (χ1) is 19.6. The third-order valence-corrected chi connectivity index (χ3v) is 8.19. The van der Waals surface area contributed by atoms with Gasteiger partial charge in [0, 0.05) is 23.1 Å². The van der Waals surface area contributed by atoms with E-state index in [-0.39, 0.29) is 42.5 Å². The predicted molar refractivity (Wildman–Crippen MR) is 162 cm³/mol. The summed E-state index contributed by atoms with van der Waals surface area (Å²) in [5, 5.41) is 3.48. The third kappa shape index (κ3) is 5.96. The summed E-state index contributed by atoms with van der Waals surface area (Å²) in [4.78, 5) is 42.8. The van der Waals surface area contributed by atoms with Gasteiger partial charge in [0.05, 0.1) is 35.1 Å². The van der Waals surface area contributed by atoms with Crippen molar-refractivity contribution < 1.29 is 14.3 Å². The van der Waals surface area contributed by atoms with Crippen molar-refractivity contribution in [3.63, 3.8) is 0 Å². The Morgan fingerprint density at radius 1 is 0.976 bits per heavy atom. The maximum absolute atomic E-state index is 13.9. The highest BCUT2D eigenvalue weighted by Crippen LogP contribution is 2.27. The van der Waals surface area contributed by atoms with Gasteiger partial charge in [-0.25, -0.2) is 4.79 Å². The zero-order valence-electron chi connectivity index (χ0n) is 22.9. The Morgan fingerprint density at radius 2 is 1.68 bits per heavy atom. The Bertz CT molecular complexity index is 1650. The van der Waals surface area contributed by atoms with Crippen LogP contribution in [-0.4, -0.2) is 38.5 Å². The lowest BCUT2D eigenvalue weighted by molar-refractivity contribution is 0.0706. The van der Waals surface area contributed by atoms with Gasteiger partial charge < -0.3 is 15.0 Å². The first kappa shape index (κ1) is 28.7. The van der Waals surface area contributed by atoms with Gasteiger partial charge in [-0.1, -0.05) is 41.9 Å². The molecule has 8 nitrogen and oxygen atoms in total. The number of hydrogen-bond acceptors (Lipinski definition) is 4. The smallest absolute Gasteiger partial charge is 0.333 e. The number of nitrogens with zero attached hydrogens (tertiary/aromatic N) is 3. The second-order valence-electron chi connectivity index (χ2n) is 10.2. The largest absolute Gasteiger partial charge is 0.491 e. The van der Waals surface area contributed by atoms with Gasteiger partial charge in [-0.2, -0.15) is 0 Å². The minimum Gasteiger partial charge on any atom is -0.491 e. The quantitative estimate of drug-likeness (QED) is 0.270. The molecule has 0 spiro atoms. The van der Waals surface area contributed by atoms with Gasteiger partial charge in [0.25, 0.3) is 11.8 Å². The number of aromatic nitrogens is 2. The minimum atomic E-state index is -0.407. The zero-order valence-corrected chi connectivity index (χ0v) is 25.3. The molecule has 0 saturated heterocycles. The third-order valence-electron chi connectivity index (χ3n) is 6.96. The minimum absolute atomic E-state index is 0.00434. The van der Waals surface area contributed by atoms with Crippen molar-refractivity contribution >= 4 is 39.3 Å². The lowest BCUT2D eigenvalue weighted by atomic mass is 10.1. The van der Waals surface area contributed by atoms with Crippen LogP contribution in [0.25, 0.3) is 5.69 Å². The Kier molecular flexibility index (Phi) is 8.37. The van der Waals surface area contributed by atoms with Crippen LogP contribution in [0.1, 0.15) is 58.9 Å². The van der Waals surface area contributed by atoms with E-state index in [1.54, 1.807) is 51.9 Å². The maximum Gasteiger partial charge on any atom is 0.333 e. The van der Waals surface area contributed by atoms with E-state index in [1.165, 1.54) is 4.57 Å². The molecule has 0 fully saturated rings. The molecule has 0 radical (unpaired) electrons. The topological polar surface area (TPSA) is 85.6 Å². The fourth-order valence-corrected chi connectivity index (χ4v) is 5.38. The maximum atomic E-state index is 13.9. The van der Waals surface area contributed by atoms with E-state index in [0.29, 0.717) is 38.7 Å². The summed E-state index contributed by atoms with van der Waals surface area (Å²) in [6.45, 7) is 6.42. The standard InChI is InChI=1S/C31H30BrClN4O4/c1-19(2)41-24-12-10-23(11-13-24)37-28(29(38)34-20(3)21-7-5-4-6-8-21)27-18-35(15-16-36(27)31(37)40)30(39)22-9-14-25(32)26(33)17-22/h4-14,17,19-20H,15-16,18H2,1-3H3,(H,34,38).